The summed E-state index contributed by atoms with van der Waals surface area (Å²) in [5.41, 5.74) is 2.07. The Kier molecular flexibility index (Phi) is 8.90. The number of halogens is 1. The molecule has 4 heteroatoms. The monoisotopic (exact) mass is 431 g/mol. The lowest BCUT2D eigenvalue weighted by atomic mass is 10.0. The van der Waals surface area contributed by atoms with Gasteiger partial charge in [0.1, 0.15) is 0 Å². The van der Waals surface area contributed by atoms with Crippen LogP contribution in [0.1, 0.15) is 25.7 Å². The summed E-state index contributed by atoms with van der Waals surface area (Å²) in [6.07, 6.45) is 24.1. The van der Waals surface area contributed by atoms with Gasteiger partial charge in [0, 0.05) is 41.9 Å². The average molecular weight is 432 g/mol. The maximum Gasteiger partial charge on any atom is 0.0737 e. The lowest BCUT2D eigenvalue weighted by Gasteiger charge is -2.27. The van der Waals surface area contributed by atoms with Gasteiger partial charge in [-0.3, -0.25) is 4.98 Å². The largest absolute Gasteiger partial charge is 0.384 e. The number of benzene rings is 1. The van der Waals surface area contributed by atoms with Crippen molar-refractivity contribution in [2.45, 2.75) is 25.7 Å². The second-order valence-corrected chi connectivity index (χ2v) is 8.59. The first kappa shape index (κ1) is 22.9. The molecule has 31 heavy (non-hydrogen) atoms. The first-order valence-electron chi connectivity index (χ1n) is 11.2. The van der Waals surface area contributed by atoms with Gasteiger partial charge in [0.15, 0.2) is 0 Å². The SMILES string of the molecule is Clc1ccc2c(NCCCCCCN(C[C]3[CH][CH][CH][CH]3)C[C]3[CH][CH][CH][CH]3)ccnc2c1. The molecule has 3 nitrogen and oxygen atoms in total. The third-order valence-electron chi connectivity index (χ3n) is 5.70. The minimum absolute atomic E-state index is 0.725. The van der Waals surface area contributed by atoms with Gasteiger partial charge < -0.3 is 10.2 Å². The van der Waals surface area contributed by atoms with E-state index in [1.807, 2.05) is 30.5 Å². The van der Waals surface area contributed by atoms with E-state index in [1.165, 1.54) is 37.5 Å². The van der Waals surface area contributed by atoms with E-state index < -0.39 is 0 Å². The molecule has 0 saturated heterocycles. The van der Waals surface area contributed by atoms with Crippen molar-refractivity contribution >= 4 is 28.2 Å². The fourth-order valence-electron chi connectivity index (χ4n) is 4.08. The van der Waals surface area contributed by atoms with E-state index >= 15 is 0 Å². The number of anilines is 1. The molecule has 0 unspecified atom stereocenters. The van der Waals surface area contributed by atoms with Crippen LogP contribution in [0.3, 0.4) is 0 Å². The zero-order valence-electron chi connectivity index (χ0n) is 17.9. The number of nitrogens with zero attached hydrogens (tertiary/aromatic N) is 2. The van der Waals surface area contributed by atoms with E-state index in [0.29, 0.717) is 0 Å². The van der Waals surface area contributed by atoms with E-state index in [1.54, 1.807) is 0 Å². The Balaban J connectivity index is 1.15. The molecule has 2 aliphatic rings. The molecule has 4 rings (SSSR count). The van der Waals surface area contributed by atoms with Crippen LogP contribution >= 0.6 is 11.6 Å². The fraction of sp³-hybridized carbons (Fsp3) is 0.296. The number of nitrogens with one attached hydrogen (secondary N) is 1. The number of hydrogen-bond acceptors (Lipinski definition) is 3. The molecular weight excluding hydrogens is 402 g/mol. The van der Waals surface area contributed by atoms with E-state index in [2.05, 4.69) is 66.6 Å². The smallest absolute Gasteiger partial charge is 0.0737 e. The van der Waals surface area contributed by atoms with Crippen LogP contribution in [-0.2, 0) is 0 Å². The van der Waals surface area contributed by atoms with Gasteiger partial charge in [-0.1, -0.05) is 24.4 Å². The normalized spacial score (nSPS) is 17.9. The summed E-state index contributed by atoms with van der Waals surface area (Å²) in [6, 6.07) is 7.93. The molecule has 0 bridgehead atoms. The molecule has 1 aromatic heterocycles. The van der Waals surface area contributed by atoms with Crippen LogP contribution in [0.4, 0.5) is 5.69 Å². The molecule has 2 fully saturated rings. The van der Waals surface area contributed by atoms with Crippen molar-refractivity contribution in [3.05, 3.63) is 98.7 Å². The average Bonchev–Trinajstić information content (AvgIpc) is 3.47. The molecule has 2 saturated carbocycles. The number of fused-ring (bicyclic) bond motifs is 1. The fourth-order valence-corrected chi connectivity index (χ4v) is 4.25. The van der Waals surface area contributed by atoms with E-state index in [9.17, 15) is 0 Å². The van der Waals surface area contributed by atoms with Crippen LogP contribution in [0.25, 0.3) is 10.9 Å². The molecule has 0 aliphatic heterocycles. The maximum absolute atomic E-state index is 6.08. The van der Waals surface area contributed by atoms with Gasteiger partial charge in [-0.15, -0.1) is 0 Å². The van der Waals surface area contributed by atoms with Gasteiger partial charge in [-0.05, 0) is 107 Å². The highest BCUT2D eigenvalue weighted by atomic mass is 35.5. The molecule has 0 amide bonds. The summed E-state index contributed by atoms with van der Waals surface area (Å²) in [4.78, 5) is 6.98. The van der Waals surface area contributed by atoms with Crippen molar-refractivity contribution < 1.29 is 0 Å². The van der Waals surface area contributed by atoms with Crippen LogP contribution in [0.2, 0.25) is 5.02 Å². The third-order valence-corrected chi connectivity index (χ3v) is 5.93. The van der Waals surface area contributed by atoms with E-state index in [4.69, 9.17) is 11.6 Å². The summed E-state index contributed by atoms with van der Waals surface area (Å²) < 4.78 is 0. The lowest BCUT2D eigenvalue weighted by Crippen LogP contribution is -2.33. The topological polar surface area (TPSA) is 28.2 Å². The predicted molar refractivity (Wildman–Crippen MR) is 131 cm³/mol. The first-order valence-corrected chi connectivity index (χ1v) is 11.6. The van der Waals surface area contributed by atoms with Crippen molar-refractivity contribution in [1.82, 2.24) is 9.88 Å². The summed E-state index contributed by atoms with van der Waals surface area (Å²) in [6.45, 7) is 4.17. The number of rotatable bonds is 12. The Morgan fingerprint density at radius 2 is 1.48 bits per heavy atom. The Morgan fingerprint density at radius 1 is 0.806 bits per heavy atom. The Hall–Kier alpha value is -1.32. The summed E-state index contributed by atoms with van der Waals surface area (Å²) in [5, 5.41) is 5.43. The number of pyridine rings is 1. The zero-order chi connectivity index (χ0) is 21.3. The quantitative estimate of drug-likeness (QED) is 0.419. The molecule has 1 N–H and O–H groups in total. The molecule has 2 aromatic rings. The minimum atomic E-state index is 0.725. The van der Waals surface area contributed by atoms with Crippen LogP contribution in [0.5, 0.6) is 0 Å². The van der Waals surface area contributed by atoms with Crippen molar-refractivity contribution in [3.8, 4) is 0 Å². The van der Waals surface area contributed by atoms with Crippen molar-refractivity contribution in [2.75, 3.05) is 31.5 Å². The second-order valence-electron chi connectivity index (χ2n) is 8.16. The summed E-state index contributed by atoms with van der Waals surface area (Å²) >= 11 is 6.08. The Bertz CT molecular complexity index is 778. The molecule has 10 radical (unpaired) electrons. The van der Waals surface area contributed by atoms with E-state index in [-0.39, 0.29) is 0 Å². The number of aromatic nitrogens is 1. The van der Waals surface area contributed by atoms with Gasteiger partial charge in [0.25, 0.3) is 0 Å². The van der Waals surface area contributed by atoms with Crippen LogP contribution in [-0.4, -0.2) is 36.1 Å². The van der Waals surface area contributed by atoms with Crippen LogP contribution in [0, 0.1) is 63.2 Å². The van der Waals surface area contributed by atoms with Gasteiger partial charge in [0.05, 0.1) is 5.52 Å². The zero-order valence-corrected chi connectivity index (χ0v) is 18.7. The maximum atomic E-state index is 6.08. The van der Waals surface area contributed by atoms with Crippen molar-refractivity contribution in [3.63, 3.8) is 0 Å². The third kappa shape index (κ3) is 7.08. The predicted octanol–water partition coefficient (Wildman–Crippen LogP) is 5.97. The number of hydrogen-bond donors (Lipinski definition) is 1. The van der Waals surface area contributed by atoms with Gasteiger partial charge in [0.2, 0.25) is 0 Å². The summed E-state index contributed by atoms with van der Waals surface area (Å²) in [7, 11) is 0. The highest BCUT2D eigenvalue weighted by Crippen LogP contribution is 2.28. The molecule has 1 aromatic carbocycles. The van der Waals surface area contributed by atoms with Crippen LogP contribution in [0.15, 0.2) is 30.5 Å². The lowest BCUT2D eigenvalue weighted by molar-refractivity contribution is 0.295. The minimum Gasteiger partial charge on any atom is -0.384 e. The molecular formula is C27H30ClN3. The standard InChI is InChI=1S/C27H30ClN3/c28-24-13-14-25-26(15-17-30-27(25)19-24)29-16-7-1-2-8-18-31(20-22-9-3-4-10-22)21-23-11-5-6-12-23/h3-6,9-15,17,19H,1-2,7-8,16,18,20-21H2,(H,29,30). The summed E-state index contributed by atoms with van der Waals surface area (Å²) in [5.74, 6) is 2.81. The molecule has 0 spiro atoms. The highest BCUT2D eigenvalue weighted by Gasteiger charge is 2.24. The Labute approximate surface area is 194 Å². The van der Waals surface area contributed by atoms with Gasteiger partial charge in [-0.2, -0.15) is 0 Å². The van der Waals surface area contributed by atoms with Crippen LogP contribution < -0.4 is 5.32 Å². The highest BCUT2D eigenvalue weighted by molar-refractivity contribution is 6.31. The second kappa shape index (κ2) is 12.1. The molecule has 160 valence electrons. The van der Waals surface area contributed by atoms with Gasteiger partial charge >= 0.3 is 0 Å². The van der Waals surface area contributed by atoms with Crippen molar-refractivity contribution in [1.29, 1.82) is 0 Å². The Morgan fingerprint density at radius 3 is 2.19 bits per heavy atom. The molecule has 0 atom stereocenters. The van der Waals surface area contributed by atoms with Crippen molar-refractivity contribution in [2.24, 2.45) is 0 Å². The molecule has 1 heterocycles. The first-order chi connectivity index (χ1) is 15.3. The van der Waals surface area contributed by atoms with E-state index in [0.717, 1.165) is 47.8 Å². The van der Waals surface area contributed by atoms with Gasteiger partial charge in [-0.25, -0.2) is 0 Å². The molecule has 2 aliphatic carbocycles. The number of unbranched alkanes of at least 4 members (excludes halogenated alkanes) is 3.